The number of hydrogen-bond acceptors (Lipinski definition) is 4. The topological polar surface area (TPSA) is 59.1 Å². The fourth-order valence-electron chi connectivity index (χ4n) is 3.90. The van der Waals surface area contributed by atoms with Gasteiger partial charge in [-0.3, -0.25) is 9.97 Å². The average molecular weight is 379 g/mol. The Kier molecular flexibility index (Phi) is 4.90. The van der Waals surface area contributed by atoms with E-state index in [9.17, 15) is 0 Å². The van der Waals surface area contributed by atoms with Crippen LogP contribution in [0.1, 0.15) is 31.2 Å². The van der Waals surface area contributed by atoms with Crippen LogP contribution in [0, 0.1) is 0 Å². The van der Waals surface area contributed by atoms with Crippen LogP contribution in [0.3, 0.4) is 0 Å². The van der Waals surface area contributed by atoms with Gasteiger partial charge in [0.05, 0.1) is 12.6 Å². The van der Waals surface area contributed by atoms with Crippen LogP contribution in [0.5, 0.6) is 5.75 Å². The Hall–Kier alpha value is -2.73. The molecule has 0 aliphatic heterocycles. The highest BCUT2D eigenvalue weighted by atomic mass is 32.1. The summed E-state index contributed by atoms with van der Waals surface area (Å²) in [6.45, 7) is 0. The third-order valence-electron chi connectivity index (χ3n) is 5.22. The number of rotatable bonds is 4. The highest BCUT2D eigenvalue weighted by Crippen LogP contribution is 2.38. The summed E-state index contributed by atoms with van der Waals surface area (Å²) in [5.41, 5.74) is 2.76. The monoisotopic (exact) mass is 378 g/mol. The van der Waals surface area contributed by atoms with Crippen molar-refractivity contribution < 1.29 is 4.74 Å². The van der Waals surface area contributed by atoms with Gasteiger partial charge in [-0.2, -0.15) is 0 Å². The zero-order valence-corrected chi connectivity index (χ0v) is 16.1. The van der Waals surface area contributed by atoms with Crippen LogP contribution < -0.4 is 15.4 Å². The summed E-state index contributed by atoms with van der Waals surface area (Å²) in [6, 6.07) is 11.9. The first-order chi connectivity index (χ1) is 13.2. The molecule has 1 aromatic carbocycles. The molecule has 2 aromatic heterocycles. The maximum Gasteiger partial charge on any atom is 0.171 e. The van der Waals surface area contributed by atoms with Gasteiger partial charge in [0.25, 0.3) is 0 Å². The number of aromatic nitrogens is 2. The summed E-state index contributed by atoms with van der Waals surface area (Å²) >= 11 is 5.67. The van der Waals surface area contributed by atoms with Crippen LogP contribution in [-0.4, -0.2) is 22.2 Å². The van der Waals surface area contributed by atoms with Crippen molar-refractivity contribution in [2.75, 3.05) is 12.4 Å². The van der Waals surface area contributed by atoms with E-state index < -0.39 is 0 Å². The molecule has 0 bridgehead atoms. The van der Waals surface area contributed by atoms with Gasteiger partial charge in [-0.25, -0.2) is 0 Å². The van der Waals surface area contributed by atoms with Gasteiger partial charge in [0.2, 0.25) is 0 Å². The van der Waals surface area contributed by atoms with Gasteiger partial charge < -0.3 is 15.4 Å². The van der Waals surface area contributed by atoms with E-state index in [2.05, 4.69) is 26.7 Å². The highest BCUT2D eigenvalue weighted by Gasteiger charge is 2.36. The molecule has 1 aliphatic carbocycles. The van der Waals surface area contributed by atoms with Crippen molar-refractivity contribution in [3.63, 3.8) is 0 Å². The van der Waals surface area contributed by atoms with E-state index in [4.69, 9.17) is 17.0 Å². The molecule has 138 valence electrons. The first-order valence-electron chi connectivity index (χ1n) is 9.13. The third kappa shape index (κ3) is 3.45. The Balaban J connectivity index is 1.60. The fourth-order valence-corrected chi connectivity index (χ4v) is 4.21. The number of thiocarbonyl (C=S) groups is 1. The van der Waals surface area contributed by atoms with Crippen molar-refractivity contribution in [3.05, 3.63) is 60.6 Å². The zero-order chi connectivity index (χ0) is 18.7. The molecule has 0 unspecified atom stereocenters. The lowest BCUT2D eigenvalue weighted by molar-refractivity contribution is 0.407. The van der Waals surface area contributed by atoms with Gasteiger partial charge in [0, 0.05) is 29.7 Å². The second kappa shape index (κ2) is 7.48. The maximum absolute atomic E-state index is 5.67. The van der Waals surface area contributed by atoms with E-state index >= 15 is 0 Å². The molecule has 4 rings (SSSR count). The predicted octanol–water partition coefficient (Wildman–Crippen LogP) is 4.39. The molecule has 0 saturated heterocycles. The Labute approximate surface area is 164 Å². The van der Waals surface area contributed by atoms with Crippen LogP contribution in [-0.2, 0) is 5.54 Å². The number of pyridine rings is 2. The number of nitrogens with one attached hydrogen (secondary N) is 2. The molecule has 1 aliphatic rings. The van der Waals surface area contributed by atoms with E-state index in [1.165, 1.54) is 18.4 Å². The SMILES string of the molecule is COc1ccc(NC(=S)NC2(c3cccnc3)CCCC2)c2cccnc12. The van der Waals surface area contributed by atoms with Gasteiger partial charge in [-0.1, -0.05) is 18.9 Å². The first-order valence-corrected chi connectivity index (χ1v) is 9.54. The number of benzene rings is 1. The van der Waals surface area contributed by atoms with Crippen LogP contribution in [0.4, 0.5) is 5.69 Å². The van der Waals surface area contributed by atoms with Crippen LogP contribution in [0.15, 0.2) is 55.0 Å². The zero-order valence-electron chi connectivity index (χ0n) is 15.2. The Morgan fingerprint density at radius 2 is 1.93 bits per heavy atom. The van der Waals surface area contributed by atoms with Crippen molar-refractivity contribution in [2.45, 2.75) is 31.2 Å². The van der Waals surface area contributed by atoms with Crippen LogP contribution >= 0.6 is 12.2 Å². The third-order valence-corrected chi connectivity index (χ3v) is 5.43. The second-order valence-corrected chi connectivity index (χ2v) is 7.23. The Morgan fingerprint density at radius 3 is 2.67 bits per heavy atom. The molecule has 27 heavy (non-hydrogen) atoms. The van der Waals surface area contributed by atoms with E-state index in [0.29, 0.717) is 5.11 Å². The summed E-state index contributed by atoms with van der Waals surface area (Å²) in [4.78, 5) is 8.75. The van der Waals surface area contributed by atoms with Crippen molar-refractivity contribution >= 4 is 33.9 Å². The van der Waals surface area contributed by atoms with Crippen molar-refractivity contribution in [1.29, 1.82) is 0 Å². The minimum atomic E-state index is -0.154. The van der Waals surface area contributed by atoms with E-state index in [1.54, 1.807) is 19.5 Å². The number of ether oxygens (including phenoxy) is 1. The largest absolute Gasteiger partial charge is 0.494 e. The quantitative estimate of drug-likeness (QED) is 0.657. The Morgan fingerprint density at radius 1 is 1.11 bits per heavy atom. The summed E-state index contributed by atoms with van der Waals surface area (Å²) in [7, 11) is 1.65. The van der Waals surface area contributed by atoms with Gasteiger partial charge in [-0.05, 0) is 61.0 Å². The number of hydrogen-bond donors (Lipinski definition) is 2. The predicted molar refractivity (Wildman–Crippen MR) is 112 cm³/mol. The fraction of sp³-hybridized carbons (Fsp3) is 0.286. The van der Waals surface area contributed by atoms with Gasteiger partial charge in [0.1, 0.15) is 11.3 Å². The van der Waals surface area contributed by atoms with E-state index in [1.807, 2.05) is 36.5 Å². The molecular weight excluding hydrogens is 356 g/mol. The van der Waals surface area contributed by atoms with E-state index in [-0.39, 0.29) is 5.54 Å². The molecule has 2 heterocycles. The highest BCUT2D eigenvalue weighted by molar-refractivity contribution is 7.80. The lowest BCUT2D eigenvalue weighted by Crippen LogP contribution is -2.45. The smallest absolute Gasteiger partial charge is 0.171 e. The summed E-state index contributed by atoms with van der Waals surface area (Å²) in [5, 5.41) is 8.52. The lowest BCUT2D eigenvalue weighted by atomic mass is 9.89. The molecule has 5 nitrogen and oxygen atoms in total. The molecule has 0 atom stereocenters. The summed E-state index contributed by atoms with van der Waals surface area (Å²) in [5.74, 6) is 0.748. The number of fused-ring (bicyclic) bond motifs is 1. The molecule has 0 spiro atoms. The van der Waals surface area contributed by atoms with Crippen LogP contribution in [0.2, 0.25) is 0 Å². The van der Waals surface area contributed by atoms with Crippen molar-refractivity contribution in [3.8, 4) is 5.75 Å². The molecule has 0 amide bonds. The van der Waals surface area contributed by atoms with E-state index in [0.717, 1.165) is 35.2 Å². The molecule has 6 heteroatoms. The number of nitrogens with zero attached hydrogens (tertiary/aromatic N) is 2. The van der Waals surface area contributed by atoms with Crippen molar-refractivity contribution in [2.24, 2.45) is 0 Å². The number of methoxy groups -OCH3 is 1. The molecule has 1 saturated carbocycles. The molecule has 2 N–H and O–H groups in total. The maximum atomic E-state index is 5.67. The summed E-state index contributed by atoms with van der Waals surface area (Å²) < 4.78 is 5.42. The van der Waals surface area contributed by atoms with Gasteiger partial charge in [-0.15, -0.1) is 0 Å². The first kappa shape index (κ1) is 17.7. The molecule has 1 fully saturated rings. The average Bonchev–Trinajstić information content (AvgIpc) is 3.18. The minimum Gasteiger partial charge on any atom is -0.494 e. The van der Waals surface area contributed by atoms with Crippen LogP contribution in [0.25, 0.3) is 10.9 Å². The summed E-state index contributed by atoms with van der Waals surface area (Å²) in [6.07, 6.45) is 9.96. The Bertz CT molecular complexity index is 955. The number of anilines is 1. The minimum absolute atomic E-state index is 0.154. The second-order valence-electron chi connectivity index (χ2n) is 6.82. The molecule has 3 aromatic rings. The van der Waals surface area contributed by atoms with Gasteiger partial charge in [0.15, 0.2) is 5.11 Å². The van der Waals surface area contributed by atoms with Crippen molar-refractivity contribution in [1.82, 2.24) is 15.3 Å². The normalized spacial score (nSPS) is 15.4. The van der Waals surface area contributed by atoms with Gasteiger partial charge >= 0.3 is 0 Å². The lowest BCUT2D eigenvalue weighted by Gasteiger charge is -2.32. The molecular formula is C21H22N4OS. The molecule has 0 radical (unpaired) electrons. The standard InChI is InChI=1S/C21H22N4OS/c1-26-18-9-8-17(16-7-5-13-23-19(16)18)24-20(27)25-21(10-2-3-11-21)15-6-4-12-22-14-15/h4-9,12-14H,2-3,10-11H2,1H3,(H2,24,25,27).